The number of hydrazone groups is 1. The molecule has 0 aliphatic carbocycles. The summed E-state index contributed by atoms with van der Waals surface area (Å²) in [6, 6.07) is 19.6. The van der Waals surface area contributed by atoms with Gasteiger partial charge in [0.25, 0.3) is 11.5 Å². The van der Waals surface area contributed by atoms with Gasteiger partial charge in [0.15, 0.2) is 11.2 Å². The Kier molecular flexibility index (Phi) is 27.5. The highest BCUT2D eigenvalue weighted by Gasteiger charge is 2.17. The average molecular weight is 1180 g/mol. The first-order chi connectivity index (χ1) is 41.7. The van der Waals surface area contributed by atoms with Gasteiger partial charge in [-0.3, -0.25) is 34.1 Å². The third-order valence-electron chi connectivity index (χ3n) is 14.0. The van der Waals surface area contributed by atoms with E-state index in [1.54, 1.807) is 30.5 Å². The van der Waals surface area contributed by atoms with E-state index >= 15 is 0 Å². The summed E-state index contributed by atoms with van der Waals surface area (Å²) in [6.45, 7) is 21.5. The number of aromatic nitrogens is 5. The Balaban J connectivity index is 0.761. The number of H-pyrrole nitrogens is 1. The maximum absolute atomic E-state index is 13.6. The number of fused-ring (bicyclic) bond motifs is 2. The average Bonchev–Trinajstić information content (AvgIpc) is 1.59. The Hall–Kier alpha value is -8.70. The molecule has 0 saturated carbocycles. The lowest BCUT2D eigenvalue weighted by atomic mass is 9.95. The Labute approximate surface area is 503 Å². The van der Waals surface area contributed by atoms with Gasteiger partial charge in [0.05, 0.1) is 82.5 Å². The first-order valence-corrected chi connectivity index (χ1v) is 29.3. The summed E-state index contributed by atoms with van der Waals surface area (Å²) in [6.07, 6.45) is 12.7. The number of aryl methyl sites for hydroxylation is 3. The predicted octanol–water partition coefficient (Wildman–Crippen LogP) is 7.90. The van der Waals surface area contributed by atoms with Gasteiger partial charge in [0, 0.05) is 72.4 Å². The molecule has 22 heteroatoms. The van der Waals surface area contributed by atoms with E-state index in [9.17, 15) is 19.2 Å². The van der Waals surface area contributed by atoms with Crippen LogP contribution >= 0.6 is 0 Å². The fourth-order valence-electron chi connectivity index (χ4n) is 8.97. The molecule has 86 heavy (non-hydrogen) atoms. The van der Waals surface area contributed by atoms with Crippen molar-refractivity contribution in [1.29, 1.82) is 0 Å². The Morgan fingerprint density at radius 3 is 2.24 bits per heavy atom. The minimum Gasteiger partial charge on any atom is -0.379 e. The first-order valence-electron chi connectivity index (χ1n) is 29.3. The number of allylic oxidation sites excluding steroid dienone is 4. The summed E-state index contributed by atoms with van der Waals surface area (Å²) in [5.41, 5.74) is 17.8. The number of hydrogen-bond donors (Lipinski definition) is 8. The molecule has 1 atom stereocenters. The fraction of sp³-hybridized carbons (Fsp3) is 0.406. The molecule has 6 rings (SSSR count). The molecule has 3 aromatic heterocycles. The second-order valence-electron chi connectivity index (χ2n) is 20.5. The van der Waals surface area contributed by atoms with E-state index in [-0.39, 0.29) is 53.8 Å². The maximum atomic E-state index is 13.6. The van der Waals surface area contributed by atoms with Crippen molar-refractivity contribution in [1.82, 2.24) is 40.9 Å². The van der Waals surface area contributed by atoms with Crippen molar-refractivity contribution in [2.45, 2.75) is 86.6 Å². The molecule has 0 aliphatic rings. The number of carbonyl (C=O) groups is 3. The van der Waals surface area contributed by atoms with Crippen LogP contribution in [0.3, 0.4) is 0 Å². The SMILES string of the molecule is C=C/C(=C\C=C(\C(=O)NCCCCN=C/C(COCCOCCOCCOCCNC(=O)CCCNC(=O)c1ccc(NCc2cnc3nc(N)[nH]c(=O)c3n2)cc1)=N\N)C(C)CC)c1ccc2nc(C)c(CC)c(Nc3cc(C)ccc3C)c2c1. The van der Waals surface area contributed by atoms with E-state index in [4.69, 9.17) is 35.5 Å². The number of ether oxygens (including phenoxy) is 4. The second kappa shape index (κ2) is 35.6. The molecule has 22 nitrogen and oxygen atoms in total. The zero-order valence-electron chi connectivity index (χ0n) is 50.5. The van der Waals surface area contributed by atoms with E-state index in [2.05, 4.69) is 141 Å². The van der Waals surface area contributed by atoms with Gasteiger partial charge in [0.2, 0.25) is 17.8 Å². The molecule has 0 spiro atoms. The van der Waals surface area contributed by atoms with E-state index in [0.29, 0.717) is 108 Å². The number of aliphatic imine (C=N–C) groups is 1. The number of nitrogens with zero attached hydrogens (tertiary/aromatic N) is 6. The van der Waals surface area contributed by atoms with Gasteiger partial charge < -0.3 is 57.1 Å². The van der Waals surface area contributed by atoms with Crippen molar-refractivity contribution in [3.05, 3.63) is 147 Å². The van der Waals surface area contributed by atoms with Crippen molar-refractivity contribution in [3.63, 3.8) is 0 Å². The molecular formula is C64H84N14O8. The number of benzene rings is 3. The Morgan fingerprint density at radius 2 is 1.52 bits per heavy atom. The fourth-order valence-corrected chi connectivity index (χ4v) is 8.97. The largest absolute Gasteiger partial charge is 0.379 e. The van der Waals surface area contributed by atoms with Crippen LogP contribution in [0.2, 0.25) is 0 Å². The number of carbonyl (C=O) groups excluding carboxylic acids is 3. The lowest BCUT2D eigenvalue weighted by Crippen LogP contribution is -2.29. The molecule has 1 unspecified atom stereocenters. The monoisotopic (exact) mass is 1180 g/mol. The van der Waals surface area contributed by atoms with E-state index in [0.717, 1.165) is 70.5 Å². The summed E-state index contributed by atoms with van der Waals surface area (Å²) in [7, 11) is 0. The van der Waals surface area contributed by atoms with Crippen molar-refractivity contribution < 1.29 is 33.3 Å². The zero-order chi connectivity index (χ0) is 61.6. The van der Waals surface area contributed by atoms with Gasteiger partial charge in [-0.2, -0.15) is 10.1 Å². The highest BCUT2D eigenvalue weighted by atomic mass is 16.6. The first kappa shape index (κ1) is 66.4. The number of nitrogens with two attached hydrogens (primary N) is 2. The number of unbranched alkanes of at least 4 members (excludes halogenated alkanes) is 1. The quantitative estimate of drug-likeness (QED) is 0.00459. The van der Waals surface area contributed by atoms with Crippen molar-refractivity contribution in [3.8, 4) is 0 Å². The number of amides is 3. The van der Waals surface area contributed by atoms with Crippen LogP contribution in [0.15, 0.2) is 112 Å². The molecule has 458 valence electrons. The summed E-state index contributed by atoms with van der Waals surface area (Å²) < 4.78 is 22.4. The van der Waals surface area contributed by atoms with Gasteiger partial charge in [-0.1, -0.05) is 63.8 Å². The van der Waals surface area contributed by atoms with Crippen LogP contribution in [-0.4, -0.2) is 134 Å². The number of rotatable bonds is 37. The number of hydrogen-bond acceptors (Lipinski definition) is 18. The maximum Gasteiger partial charge on any atom is 0.280 e. The normalized spacial score (nSPS) is 12.4. The minimum atomic E-state index is -0.468. The van der Waals surface area contributed by atoms with Crippen LogP contribution in [0.1, 0.15) is 96.9 Å². The van der Waals surface area contributed by atoms with Crippen molar-refractivity contribution in [2.75, 3.05) is 95.4 Å². The second-order valence-corrected chi connectivity index (χ2v) is 20.5. The number of anilines is 4. The summed E-state index contributed by atoms with van der Waals surface area (Å²) in [5.74, 6) is 5.13. The topological polar surface area (TPSA) is 309 Å². The summed E-state index contributed by atoms with van der Waals surface area (Å²) in [4.78, 5) is 74.8. The lowest BCUT2D eigenvalue weighted by molar-refractivity contribution is -0.121. The van der Waals surface area contributed by atoms with E-state index < -0.39 is 5.56 Å². The molecule has 0 bridgehead atoms. The van der Waals surface area contributed by atoms with Crippen LogP contribution in [0.5, 0.6) is 0 Å². The summed E-state index contributed by atoms with van der Waals surface area (Å²) >= 11 is 0. The molecule has 0 radical (unpaired) electrons. The molecule has 3 aromatic carbocycles. The van der Waals surface area contributed by atoms with Gasteiger partial charge >= 0.3 is 0 Å². The highest BCUT2D eigenvalue weighted by molar-refractivity contribution is 6.31. The van der Waals surface area contributed by atoms with Crippen LogP contribution in [-0.2, 0) is 41.5 Å². The molecular weight excluding hydrogens is 1090 g/mol. The van der Waals surface area contributed by atoms with Gasteiger partial charge in [-0.25, -0.2) is 9.97 Å². The van der Waals surface area contributed by atoms with E-state index in [1.165, 1.54) is 22.9 Å². The van der Waals surface area contributed by atoms with Crippen molar-refractivity contribution in [2.24, 2.45) is 21.9 Å². The van der Waals surface area contributed by atoms with Crippen molar-refractivity contribution >= 4 is 80.3 Å². The van der Waals surface area contributed by atoms with Gasteiger partial charge in [-0.05, 0) is 129 Å². The molecule has 3 heterocycles. The molecule has 0 saturated heterocycles. The Bertz CT molecular complexity index is 3420. The standard InChI is InChI=1S/C64H84N14O8/c1-8-43(5)53(23-19-46(9-2)48-20-24-55-54(37-48)58(52(10-3)45(7)73-55)75-56-36-42(4)15-16-44(56)6)62(81)70-26-12-11-25-67-38-51(78-66)41-86-35-34-85-33-32-84-31-30-83-29-28-68-57(79)14-13-27-69-61(80)47-17-21-49(22-18-47)71-39-50-40-72-60-59(74-50)63(82)77-64(65)76-60/h9,15-24,36-38,40,43,71H,2,8,10-14,25-35,39,41,66H2,1,3-7H3,(H,68,79)(H,69,80)(H,70,81)(H,73,75)(H3,65,72,76,77,82)/b46-19+,53-23+,67-38?,78-51+. The summed E-state index contributed by atoms with van der Waals surface area (Å²) in [5, 5.41) is 20.5. The number of aromatic amines is 1. The number of nitrogens with one attached hydrogen (secondary N) is 6. The van der Waals surface area contributed by atoms with Crippen LogP contribution in [0.4, 0.5) is 23.0 Å². The third kappa shape index (κ3) is 21.1. The Morgan fingerprint density at radius 1 is 0.802 bits per heavy atom. The van der Waals surface area contributed by atoms with E-state index in [1.807, 2.05) is 18.2 Å². The number of nitrogen functional groups attached to an aromatic ring is 1. The highest BCUT2D eigenvalue weighted by Crippen LogP contribution is 2.35. The lowest BCUT2D eigenvalue weighted by Gasteiger charge is -2.19. The van der Waals surface area contributed by atoms with Crippen LogP contribution < -0.4 is 43.7 Å². The molecule has 0 fully saturated rings. The third-order valence-corrected chi connectivity index (χ3v) is 14.0. The molecule has 0 aliphatic heterocycles. The zero-order valence-corrected chi connectivity index (χ0v) is 50.5. The molecule has 10 N–H and O–H groups in total. The number of pyridine rings is 1. The predicted molar refractivity (Wildman–Crippen MR) is 342 cm³/mol. The smallest absolute Gasteiger partial charge is 0.280 e. The van der Waals surface area contributed by atoms with Crippen LogP contribution in [0, 0.1) is 26.7 Å². The molecule has 6 aromatic rings. The van der Waals surface area contributed by atoms with Gasteiger partial charge in [-0.15, -0.1) is 0 Å². The van der Waals surface area contributed by atoms with Crippen LogP contribution in [0.25, 0.3) is 27.6 Å². The minimum absolute atomic E-state index is 0.0294. The van der Waals surface area contributed by atoms with Gasteiger partial charge in [0.1, 0.15) is 5.71 Å². The molecule has 3 amide bonds.